The van der Waals surface area contributed by atoms with E-state index in [1.54, 1.807) is 0 Å². The first-order valence-corrected chi connectivity index (χ1v) is 4.99. The molecule has 0 aliphatic rings. The van der Waals surface area contributed by atoms with E-state index in [0.29, 0.717) is 10.2 Å². The number of carboxylic acids is 1. The Morgan fingerprint density at radius 3 is 2.80 bits per heavy atom. The van der Waals surface area contributed by atoms with E-state index in [0.717, 1.165) is 0 Å². The number of carbonyl (C=O) groups is 1. The van der Waals surface area contributed by atoms with Crippen molar-refractivity contribution in [2.75, 3.05) is 7.11 Å². The lowest BCUT2D eigenvalue weighted by Crippen LogP contribution is -2.00. The molecule has 6 heteroatoms. The van der Waals surface area contributed by atoms with E-state index in [-0.39, 0.29) is 11.3 Å². The van der Waals surface area contributed by atoms with Crippen LogP contribution in [0.15, 0.2) is 21.6 Å². The number of halogens is 1. The molecular weight excluding hydrogens is 282 g/mol. The van der Waals surface area contributed by atoms with Gasteiger partial charge >= 0.3 is 5.97 Å². The van der Waals surface area contributed by atoms with Gasteiger partial charge in [0.05, 0.1) is 18.0 Å². The van der Waals surface area contributed by atoms with Gasteiger partial charge in [0.2, 0.25) is 0 Å². The van der Waals surface area contributed by atoms with Crippen molar-refractivity contribution in [2.24, 2.45) is 4.99 Å². The summed E-state index contributed by atoms with van der Waals surface area (Å²) >= 11 is 7.64. The second kappa shape index (κ2) is 5.02. The maximum atomic E-state index is 10.8. The van der Waals surface area contributed by atoms with E-state index in [1.807, 2.05) is 0 Å². The number of isothiocyanates is 1. The molecule has 0 aromatic heterocycles. The summed E-state index contributed by atoms with van der Waals surface area (Å²) in [6, 6.07) is 2.89. The lowest BCUT2D eigenvalue weighted by Gasteiger charge is -2.06. The maximum Gasteiger partial charge on any atom is 0.339 e. The Hall–Kier alpha value is -1.23. The second-order valence-corrected chi connectivity index (χ2v) is 3.55. The Morgan fingerprint density at radius 1 is 1.67 bits per heavy atom. The highest BCUT2D eigenvalue weighted by molar-refractivity contribution is 9.10. The zero-order valence-corrected chi connectivity index (χ0v) is 10.1. The molecule has 0 radical (unpaired) electrons. The van der Waals surface area contributed by atoms with E-state index in [9.17, 15) is 4.79 Å². The Bertz CT molecular complexity index is 455. The van der Waals surface area contributed by atoms with Crippen LogP contribution < -0.4 is 4.74 Å². The number of hydrogen-bond acceptors (Lipinski definition) is 4. The first-order valence-electron chi connectivity index (χ1n) is 3.79. The van der Waals surface area contributed by atoms with Crippen LogP contribution in [0, 0.1) is 0 Å². The fourth-order valence-corrected chi connectivity index (χ4v) is 1.54. The molecule has 0 spiro atoms. The molecule has 1 aromatic rings. The van der Waals surface area contributed by atoms with Crippen LogP contribution in [-0.4, -0.2) is 23.3 Å². The number of benzene rings is 1. The van der Waals surface area contributed by atoms with Crippen LogP contribution in [0.4, 0.5) is 5.69 Å². The molecule has 0 aliphatic carbocycles. The Kier molecular flexibility index (Phi) is 3.96. The number of methoxy groups -OCH3 is 1. The van der Waals surface area contributed by atoms with Crippen molar-refractivity contribution < 1.29 is 14.6 Å². The summed E-state index contributed by atoms with van der Waals surface area (Å²) in [5, 5.41) is 11.1. The van der Waals surface area contributed by atoms with Gasteiger partial charge in [0.25, 0.3) is 0 Å². The molecule has 0 unspecified atom stereocenters. The summed E-state index contributed by atoms with van der Waals surface area (Å²) in [4.78, 5) is 14.6. The lowest BCUT2D eigenvalue weighted by atomic mass is 10.2. The Morgan fingerprint density at radius 2 is 2.33 bits per heavy atom. The summed E-state index contributed by atoms with van der Waals surface area (Å²) in [5.74, 6) is -0.833. The molecule has 0 heterocycles. The smallest absolute Gasteiger partial charge is 0.339 e. The first-order chi connectivity index (χ1) is 7.10. The normalized spacial score (nSPS) is 9.20. The van der Waals surface area contributed by atoms with Gasteiger partial charge in [0, 0.05) is 10.5 Å². The SMILES string of the molecule is COc1cc(N=C=S)c(Br)cc1C(=O)O. The molecule has 15 heavy (non-hydrogen) atoms. The number of nitrogens with zero attached hydrogens (tertiary/aromatic N) is 1. The van der Waals surface area contributed by atoms with Crippen LogP contribution >= 0.6 is 28.1 Å². The molecule has 0 saturated carbocycles. The summed E-state index contributed by atoms with van der Waals surface area (Å²) < 4.78 is 5.45. The van der Waals surface area contributed by atoms with Crippen molar-refractivity contribution in [1.82, 2.24) is 0 Å². The van der Waals surface area contributed by atoms with Gasteiger partial charge in [0.1, 0.15) is 11.3 Å². The van der Waals surface area contributed by atoms with Crippen LogP contribution in [0.3, 0.4) is 0 Å². The zero-order chi connectivity index (χ0) is 11.4. The van der Waals surface area contributed by atoms with Gasteiger partial charge in [-0.25, -0.2) is 4.79 Å². The molecule has 1 rings (SSSR count). The standard InChI is InChI=1S/C9H6BrNO3S/c1-14-8-3-7(11-4-15)6(10)2-5(8)9(12)13/h2-3H,1H3,(H,12,13). The van der Waals surface area contributed by atoms with Crippen LogP contribution in [0.5, 0.6) is 5.75 Å². The number of ether oxygens (including phenoxy) is 1. The zero-order valence-electron chi connectivity index (χ0n) is 7.65. The fraction of sp³-hybridized carbons (Fsp3) is 0.111. The molecule has 1 aromatic carbocycles. The number of hydrogen-bond donors (Lipinski definition) is 1. The number of aromatic carboxylic acids is 1. The van der Waals surface area contributed by atoms with Crippen LogP contribution in [0.1, 0.15) is 10.4 Å². The minimum Gasteiger partial charge on any atom is -0.496 e. The number of carboxylic acid groups (broad SMARTS) is 1. The minimum atomic E-state index is -1.06. The van der Waals surface area contributed by atoms with E-state index < -0.39 is 5.97 Å². The van der Waals surface area contributed by atoms with Crippen molar-refractivity contribution in [2.45, 2.75) is 0 Å². The third kappa shape index (κ3) is 2.62. The van der Waals surface area contributed by atoms with E-state index >= 15 is 0 Å². The molecule has 0 fully saturated rings. The van der Waals surface area contributed by atoms with Crippen molar-refractivity contribution in [1.29, 1.82) is 0 Å². The summed E-state index contributed by atoms with van der Waals surface area (Å²) in [7, 11) is 1.39. The monoisotopic (exact) mass is 287 g/mol. The highest BCUT2D eigenvalue weighted by Gasteiger charge is 2.14. The van der Waals surface area contributed by atoms with Gasteiger partial charge in [-0.2, -0.15) is 4.99 Å². The predicted molar refractivity (Wildman–Crippen MR) is 62.3 cm³/mol. The van der Waals surface area contributed by atoms with E-state index in [2.05, 4.69) is 38.3 Å². The largest absolute Gasteiger partial charge is 0.496 e. The molecule has 4 nitrogen and oxygen atoms in total. The topological polar surface area (TPSA) is 58.9 Å². The highest BCUT2D eigenvalue weighted by atomic mass is 79.9. The van der Waals surface area contributed by atoms with Gasteiger partial charge in [-0.15, -0.1) is 0 Å². The van der Waals surface area contributed by atoms with E-state index in [1.165, 1.54) is 19.2 Å². The van der Waals surface area contributed by atoms with Crippen LogP contribution in [0.2, 0.25) is 0 Å². The van der Waals surface area contributed by atoms with Gasteiger partial charge in [0.15, 0.2) is 0 Å². The molecule has 78 valence electrons. The Labute approximate surface area is 99.7 Å². The van der Waals surface area contributed by atoms with Gasteiger partial charge in [-0.05, 0) is 34.2 Å². The summed E-state index contributed by atoms with van der Waals surface area (Å²) in [6.07, 6.45) is 0. The molecule has 1 N–H and O–H groups in total. The average molecular weight is 288 g/mol. The van der Waals surface area contributed by atoms with Crippen LogP contribution in [0.25, 0.3) is 0 Å². The predicted octanol–water partition coefficient (Wildman–Crippen LogP) is 2.89. The lowest BCUT2D eigenvalue weighted by molar-refractivity contribution is 0.0693. The maximum absolute atomic E-state index is 10.8. The number of aliphatic imine (C=N–C) groups is 1. The fourth-order valence-electron chi connectivity index (χ4n) is 1.01. The molecular formula is C9H6BrNO3S. The number of rotatable bonds is 3. The third-order valence-electron chi connectivity index (χ3n) is 1.67. The van der Waals surface area contributed by atoms with Gasteiger partial charge < -0.3 is 9.84 Å². The quantitative estimate of drug-likeness (QED) is 0.686. The average Bonchev–Trinajstić information content (AvgIpc) is 2.20. The summed E-state index contributed by atoms with van der Waals surface area (Å²) in [5.41, 5.74) is 0.541. The third-order valence-corrected chi connectivity index (χ3v) is 2.39. The van der Waals surface area contributed by atoms with Gasteiger partial charge in [-0.1, -0.05) is 0 Å². The van der Waals surface area contributed by atoms with Gasteiger partial charge in [-0.3, -0.25) is 0 Å². The molecule has 0 saturated heterocycles. The van der Waals surface area contributed by atoms with Crippen molar-refractivity contribution in [3.63, 3.8) is 0 Å². The molecule has 0 amide bonds. The van der Waals surface area contributed by atoms with Crippen LogP contribution in [-0.2, 0) is 0 Å². The molecule has 0 atom stereocenters. The highest BCUT2D eigenvalue weighted by Crippen LogP contribution is 2.32. The van der Waals surface area contributed by atoms with E-state index in [4.69, 9.17) is 9.84 Å². The second-order valence-electron chi connectivity index (χ2n) is 2.51. The van der Waals surface area contributed by atoms with Crippen molar-refractivity contribution >= 4 is 45.0 Å². The minimum absolute atomic E-state index is 0.0627. The summed E-state index contributed by atoms with van der Waals surface area (Å²) in [6.45, 7) is 0. The Balaban J connectivity index is 3.41. The molecule has 0 aliphatic heterocycles. The molecule has 0 bridgehead atoms. The van der Waals surface area contributed by atoms with Crippen molar-refractivity contribution in [3.8, 4) is 5.75 Å². The first kappa shape index (κ1) is 11.8. The number of thiocarbonyl (C=S) groups is 1. The van der Waals surface area contributed by atoms with Crippen molar-refractivity contribution in [3.05, 3.63) is 22.2 Å².